The molecular weight excluding hydrogens is 338 g/mol. The molecule has 0 atom stereocenters. The molecule has 2 N–H and O–H groups in total. The molecule has 0 spiro atoms. The van der Waals surface area contributed by atoms with Crippen molar-refractivity contribution in [2.75, 3.05) is 0 Å². The van der Waals surface area contributed by atoms with Gasteiger partial charge in [-0.3, -0.25) is 9.79 Å². The minimum atomic E-state index is -0.400. The summed E-state index contributed by atoms with van der Waals surface area (Å²) >= 11 is 0. The Morgan fingerprint density at radius 2 is 1.63 bits per heavy atom. The van der Waals surface area contributed by atoms with Gasteiger partial charge in [0.05, 0.1) is 23.8 Å². The standard InChI is InChI=1S/C20H19N3O2.C2H6/c1-3-19(23-14(2)12-20(22)24)16-6-10-18(11-7-16)25-17-8-4-15(13-21)5-9-17;1-2/h3-11H,12H2,1-2H3,(H2,22,24);1-2H3/b19-3-,23-14?;. The maximum absolute atomic E-state index is 11.0. The van der Waals surface area contributed by atoms with E-state index in [1.54, 1.807) is 31.2 Å². The zero-order valence-corrected chi connectivity index (χ0v) is 16.2. The van der Waals surface area contributed by atoms with E-state index < -0.39 is 5.91 Å². The molecule has 0 saturated carbocycles. The molecule has 0 aliphatic rings. The lowest BCUT2D eigenvalue weighted by Crippen LogP contribution is -2.14. The first-order valence-electron chi connectivity index (χ1n) is 8.79. The number of benzene rings is 2. The number of ether oxygens (including phenoxy) is 1. The summed E-state index contributed by atoms with van der Waals surface area (Å²) in [5, 5.41) is 8.80. The van der Waals surface area contributed by atoms with Gasteiger partial charge in [0.25, 0.3) is 0 Å². The number of nitriles is 1. The third-order valence-electron chi connectivity index (χ3n) is 3.38. The summed E-state index contributed by atoms with van der Waals surface area (Å²) in [6.45, 7) is 7.66. The molecule has 27 heavy (non-hydrogen) atoms. The smallest absolute Gasteiger partial charge is 0.223 e. The Hall–Kier alpha value is -3.39. The van der Waals surface area contributed by atoms with E-state index in [4.69, 9.17) is 15.7 Å². The monoisotopic (exact) mass is 363 g/mol. The van der Waals surface area contributed by atoms with Gasteiger partial charge in [-0.25, -0.2) is 0 Å². The summed E-state index contributed by atoms with van der Waals surface area (Å²) in [6.07, 6.45) is 2.01. The molecule has 0 aromatic heterocycles. The normalized spacial score (nSPS) is 11.1. The summed E-state index contributed by atoms with van der Waals surface area (Å²) in [4.78, 5) is 15.4. The molecule has 0 fully saturated rings. The zero-order chi connectivity index (χ0) is 20.2. The average Bonchev–Trinajstić information content (AvgIpc) is 2.68. The van der Waals surface area contributed by atoms with Crippen LogP contribution in [0.4, 0.5) is 0 Å². The van der Waals surface area contributed by atoms with Crippen molar-refractivity contribution in [1.82, 2.24) is 0 Å². The van der Waals surface area contributed by atoms with Gasteiger partial charge in [0.2, 0.25) is 5.91 Å². The van der Waals surface area contributed by atoms with E-state index >= 15 is 0 Å². The van der Waals surface area contributed by atoms with E-state index in [0.29, 0.717) is 22.8 Å². The maximum Gasteiger partial charge on any atom is 0.223 e. The lowest BCUT2D eigenvalue weighted by molar-refractivity contribution is -0.116. The zero-order valence-electron chi connectivity index (χ0n) is 16.2. The number of carbonyl (C=O) groups excluding carboxylic acids is 1. The number of carbonyl (C=O) groups is 1. The fraction of sp³-hybridized carbons (Fsp3) is 0.227. The van der Waals surface area contributed by atoms with Crippen molar-refractivity contribution in [2.24, 2.45) is 10.7 Å². The van der Waals surface area contributed by atoms with Crippen molar-refractivity contribution in [3.63, 3.8) is 0 Å². The maximum atomic E-state index is 11.0. The predicted octanol–water partition coefficient (Wildman–Crippen LogP) is 5.07. The Morgan fingerprint density at radius 1 is 1.11 bits per heavy atom. The van der Waals surface area contributed by atoms with E-state index in [1.807, 2.05) is 51.1 Å². The summed E-state index contributed by atoms with van der Waals surface area (Å²) in [6, 6.07) is 16.5. The summed E-state index contributed by atoms with van der Waals surface area (Å²) < 4.78 is 5.75. The van der Waals surface area contributed by atoms with Crippen LogP contribution in [0.3, 0.4) is 0 Å². The first kappa shape index (κ1) is 21.7. The number of amides is 1. The highest BCUT2D eigenvalue weighted by Gasteiger charge is 2.04. The van der Waals surface area contributed by atoms with Crippen LogP contribution in [0.25, 0.3) is 5.70 Å². The summed E-state index contributed by atoms with van der Waals surface area (Å²) in [7, 11) is 0. The van der Waals surface area contributed by atoms with Crippen molar-refractivity contribution < 1.29 is 9.53 Å². The molecule has 1 amide bonds. The van der Waals surface area contributed by atoms with Crippen molar-refractivity contribution in [2.45, 2.75) is 34.1 Å². The molecule has 2 aromatic carbocycles. The number of nitrogens with zero attached hydrogens (tertiary/aromatic N) is 2. The Morgan fingerprint density at radius 3 is 2.07 bits per heavy atom. The van der Waals surface area contributed by atoms with E-state index in [1.165, 1.54) is 0 Å². The number of hydrogen-bond acceptors (Lipinski definition) is 4. The highest BCUT2D eigenvalue weighted by Crippen LogP contribution is 2.24. The molecule has 0 radical (unpaired) electrons. The molecule has 0 bridgehead atoms. The first-order chi connectivity index (χ1) is 13.0. The van der Waals surface area contributed by atoms with Gasteiger partial charge in [-0.2, -0.15) is 5.26 Å². The van der Waals surface area contributed by atoms with Crippen LogP contribution < -0.4 is 10.5 Å². The van der Waals surface area contributed by atoms with Gasteiger partial charge in [0.1, 0.15) is 11.5 Å². The average molecular weight is 363 g/mol. The second-order valence-electron chi connectivity index (χ2n) is 5.43. The Balaban J connectivity index is 0.00000176. The van der Waals surface area contributed by atoms with Crippen LogP contribution >= 0.6 is 0 Å². The lowest BCUT2D eigenvalue weighted by atomic mass is 10.1. The molecule has 0 heterocycles. The van der Waals surface area contributed by atoms with Gasteiger partial charge in [-0.05, 0) is 62.4 Å². The Bertz CT molecular complexity index is 843. The van der Waals surface area contributed by atoms with Gasteiger partial charge < -0.3 is 10.5 Å². The van der Waals surface area contributed by atoms with E-state index in [0.717, 1.165) is 11.3 Å². The highest BCUT2D eigenvalue weighted by molar-refractivity contribution is 6.01. The quantitative estimate of drug-likeness (QED) is 0.726. The number of primary amides is 1. The van der Waals surface area contributed by atoms with Gasteiger partial charge in [0.15, 0.2) is 0 Å². The summed E-state index contributed by atoms with van der Waals surface area (Å²) in [5.41, 5.74) is 8.12. The van der Waals surface area contributed by atoms with Crippen LogP contribution in [0.15, 0.2) is 59.6 Å². The third-order valence-corrected chi connectivity index (χ3v) is 3.38. The van der Waals surface area contributed by atoms with Crippen LogP contribution in [-0.4, -0.2) is 11.6 Å². The molecule has 2 aromatic rings. The van der Waals surface area contributed by atoms with Crippen LogP contribution in [0.5, 0.6) is 11.5 Å². The number of nitrogens with two attached hydrogens (primary N) is 1. The van der Waals surface area contributed by atoms with Gasteiger partial charge in [-0.1, -0.05) is 19.9 Å². The Kier molecular flexibility index (Phi) is 9.04. The van der Waals surface area contributed by atoms with E-state index in [-0.39, 0.29) is 6.42 Å². The van der Waals surface area contributed by atoms with Crippen molar-refractivity contribution in [3.05, 3.63) is 65.7 Å². The molecular formula is C22H25N3O2. The fourth-order valence-corrected chi connectivity index (χ4v) is 2.22. The highest BCUT2D eigenvalue weighted by atomic mass is 16.5. The van der Waals surface area contributed by atoms with Crippen molar-refractivity contribution in [1.29, 1.82) is 5.26 Å². The fourth-order valence-electron chi connectivity index (χ4n) is 2.22. The number of rotatable bonds is 6. The minimum Gasteiger partial charge on any atom is -0.457 e. The van der Waals surface area contributed by atoms with Crippen LogP contribution in [-0.2, 0) is 4.79 Å². The van der Waals surface area contributed by atoms with Crippen LogP contribution in [0, 0.1) is 11.3 Å². The minimum absolute atomic E-state index is 0.136. The number of hydrogen-bond donors (Lipinski definition) is 1. The number of aliphatic imine (C=N–C) groups is 1. The van der Waals surface area contributed by atoms with E-state index in [9.17, 15) is 4.79 Å². The number of allylic oxidation sites excluding steroid dienone is 1. The molecule has 0 unspecified atom stereocenters. The largest absolute Gasteiger partial charge is 0.457 e. The van der Waals surface area contributed by atoms with Gasteiger partial charge >= 0.3 is 0 Å². The Labute approximate surface area is 160 Å². The van der Waals surface area contributed by atoms with Crippen LogP contribution in [0.2, 0.25) is 0 Å². The molecule has 5 heteroatoms. The second kappa shape index (κ2) is 11.3. The van der Waals surface area contributed by atoms with Crippen molar-refractivity contribution in [3.8, 4) is 17.6 Å². The molecule has 140 valence electrons. The van der Waals surface area contributed by atoms with Gasteiger partial charge in [0, 0.05) is 11.3 Å². The van der Waals surface area contributed by atoms with E-state index in [2.05, 4.69) is 11.1 Å². The molecule has 0 aliphatic carbocycles. The molecule has 2 rings (SSSR count). The predicted molar refractivity (Wildman–Crippen MR) is 110 cm³/mol. The van der Waals surface area contributed by atoms with Crippen molar-refractivity contribution >= 4 is 17.3 Å². The lowest BCUT2D eigenvalue weighted by Gasteiger charge is -2.08. The molecule has 5 nitrogen and oxygen atoms in total. The summed E-state index contributed by atoms with van der Waals surface area (Å²) in [5.74, 6) is 0.943. The third kappa shape index (κ3) is 7.17. The SMILES string of the molecule is C/C=C(\N=C(C)CC(N)=O)c1ccc(Oc2ccc(C#N)cc2)cc1.CC. The molecule has 0 saturated heterocycles. The van der Waals surface area contributed by atoms with Crippen LogP contribution in [0.1, 0.15) is 45.2 Å². The topological polar surface area (TPSA) is 88.5 Å². The van der Waals surface area contributed by atoms with Gasteiger partial charge in [-0.15, -0.1) is 0 Å². The first-order valence-corrected chi connectivity index (χ1v) is 8.79. The molecule has 0 aliphatic heterocycles. The second-order valence-corrected chi connectivity index (χ2v) is 5.43.